The Labute approximate surface area is 123 Å². The number of aryl methyl sites for hydroxylation is 1. The van der Waals surface area contributed by atoms with Gasteiger partial charge >= 0.3 is 0 Å². The van der Waals surface area contributed by atoms with Crippen molar-refractivity contribution >= 4 is 11.6 Å². The molecule has 6 heteroatoms. The van der Waals surface area contributed by atoms with E-state index in [1.165, 1.54) is 18.2 Å². The Morgan fingerprint density at radius 1 is 1.57 bits per heavy atom. The summed E-state index contributed by atoms with van der Waals surface area (Å²) in [5.41, 5.74) is 1.10. The Balaban J connectivity index is 2.21. The maximum absolute atomic E-state index is 12.6. The maximum Gasteiger partial charge on any atom is 0.269 e. The minimum atomic E-state index is -0.465. The second kappa shape index (κ2) is 6.22. The summed E-state index contributed by atoms with van der Waals surface area (Å²) in [6.45, 7) is 4.10. The van der Waals surface area contributed by atoms with E-state index in [-0.39, 0.29) is 17.6 Å². The van der Waals surface area contributed by atoms with Gasteiger partial charge in [0.25, 0.3) is 11.6 Å². The fourth-order valence-electron chi connectivity index (χ4n) is 2.90. The molecular weight excluding hydrogens is 272 g/mol. The number of nitro benzene ring substituents is 1. The van der Waals surface area contributed by atoms with Crippen molar-refractivity contribution in [1.82, 2.24) is 4.90 Å². The average molecular weight is 292 g/mol. The predicted molar refractivity (Wildman–Crippen MR) is 78.2 cm³/mol. The van der Waals surface area contributed by atoms with Crippen molar-refractivity contribution in [2.45, 2.75) is 45.3 Å². The smallest absolute Gasteiger partial charge is 0.269 e. The van der Waals surface area contributed by atoms with E-state index >= 15 is 0 Å². The third kappa shape index (κ3) is 3.39. The highest BCUT2D eigenvalue weighted by Gasteiger charge is 2.31. The second-order valence-electron chi connectivity index (χ2n) is 5.64. The van der Waals surface area contributed by atoms with Gasteiger partial charge in [-0.2, -0.15) is 0 Å². The number of rotatable bonds is 4. The molecule has 0 unspecified atom stereocenters. The molecule has 0 aromatic heterocycles. The quantitative estimate of drug-likeness (QED) is 0.681. The molecule has 1 N–H and O–H groups in total. The van der Waals surface area contributed by atoms with Gasteiger partial charge in [0.15, 0.2) is 0 Å². The SMILES string of the molecule is Cc1cc([N+](=O)[O-])ccc1C(=O)N1CCC[C@@H]1C[C@H](C)O. The van der Waals surface area contributed by atoms with Gasteiger partial charge in [-0.1, -0.05) is 0 Å². The number of carbonyl (C=O) groups excluding carboxylic acids is 1. The molecule has 1 aromatic carbocycles. The fourth-order valence-corrected chi connectivity index (χ4v) is 2.90. The first kappa shape index (κ1) is 15.4. The molecule has 6 nitrogen and oxygen atoms in total. The molecule has 0 radical (unpaired) electrons. The Kier molecular flexibility index (Phi) is 4.57. The third-order valence-corrected chi connectivity index (χ3v) is 3.90. The van der Waals surface area contributed by atoms with Gasteiger partial charge in [-0.3, -0.25) is 14.9 Å². The summed E-state index contributed by atoms with van der Waals surface area (Å²) in [6.07, 6.45) is 1.94. The lowest BCUT2D eigenvalue weighted by Crippen LogP contribution is -2.37. The zero-order valence-electron chi connectivity index (χ0n) is 12.3. The van der Waals surface area contributed by atoms with E-state index in [9.17, 15) is 20.0 Å². The Morgan fingerprint density at radius 2 is 2.29 bits per heavy atom. The van der Waals surface area contributed by atoms with Crippen LogP contribution < -0.4 is 0 Å². The highest BCUT2D eigenvalue weighted by atomic mass is 16.6. The van der Waals surface area contributed by atoms with Crippen LogP contribution in [0.15, 0.2) is 18.2 Å². The van der Waals surface area contributed by atoms with Crippen molar-refractivity contribution in [3.05, 3.63) is 39.4 Å². The number of hydrogen-bond acceptors (Lipinski definition) is 4. The average Bonchev–Trinajstić information content (AvgIpc) is 2.85. The van der Waals surface area contributed by atoms with Gasteiger partial charge in [0.05, 0.1) is 11.0 Å². The van der Waals surface area contributed by atoms with Crippen molar-refractivity contribution < 1.29 is 14.8 Å². The molecule has 1 fully saturated rings. The lowest BCUT2D eigenvalue weighted by Gasteiger charge is -2.26. The van der Waals surface area contributed by atoms with Crippen LogP contribution in [0.4, 0.5) is 5.69 Å². The summed E-state index contributed by atoms with van der Waals surface area (Å²) >= 11 is 0. The van der Waals surface area contributed by atoms with Gasteiger partial charge in [0.1, 0.15) is 0 Å². The van der Waals surface area contributed by atoms with E-state index in [0.717, 1.165) is 12.8 Å². The molecule has 114 valence electrons. The Morgan fingerprint density at radius 3 is 2.86 bits per heavy atom. The first-order valence-corrected chi connectivity index (χ1v) is 7.14. The summed E-state index contributed by atoms with van der Waals surface area (Å²) < 4.78 is 0. The molecule has 1 aliphatic rings. The molecule has 1 saturated heterocycles. The minimum absolute atomic E-state index is 0.00833. The number of aliphatic hydroxyl groups excluding tert-OH is 1. The molecule has 0 bridgehead atoms. The van der Waals surface area contributed by atoms with E-state index in [4.69, 9.17) is 0 Å². The van der Waals surface area contributed by atoms with Gasteiger partial charge in [-0.15, -0.1) is 0 Å². The normalized spacial score (nSPS) is 19.6. The number of amides is 1. The molecule has 1 aromatic rings. The van der Waals surface area contributed by atoms with Gasteiger partial charge in [0.2, 0.25) is 0 Å². The fraction of sp³-hybridized carbons (Fsp3) is 0.533. The van der Waals surface area contributed by atoms with E-state index < -0.39 is 11.0 Å². The standard InChI is InChI=1S/C15H20N2O4/c1-10-8-13(17(20)21)5-6-14(10)15(19)16-7-3-4-12(16)9-11(2)18/h5-6,8,11-12,18H,3-4,7,9H2,1-2H3/t11-,12+/m0/s1. The maximum atomic E-state index is 12.6. The van der Waals surface area contributed by atoms with Crippen molar-refractivity contribution in [2.75, 3.05) is 6.54 Å². The molecule has 2 rings (SSSR count). The molecule has 0 saturated carbocycles. The largest absolute Gasteiger partial charge is 0.393 e. The van der Waals surface area contributed by atoms with Gasteiger partial charge in [-0.05, 0) is 44.7 Å². The predicted octanol–water partition coefficient (Wildman–Crippen LogP) is 2.28. The Bertz CT molecular complexity index is 557. The van der Waals surface area contributed by atoms with Gasteiger partial charge in [-0.25, -0.2) is 0 Å². The molecule has 1 amide bonds. The van der Waals surface area contributed by atoms with Crippen LogP contribution in [-0.4, -0.2) is 39.5 Å². The number of likely N-dealkylation sites (tertiary alicyclic amines) is 1. The summed E-state index contributed by atoms with van der Waals surface area (Å²) in [7, 11) is 0. The molecule has 2 atom stereocenters. The van der Waals surface area contributed by atoms with Crippen LogP contribution >= 0.6 is 0 Å². The van der Waals surface area contributed by atoms with Crippen molar-refractivity contribution in [3.63, 3.8) is 0 Å². The van der Waals surface area contributed by atoms with Gasteiger partial charge < -0.3 is 10.0 Å². The topological polar surface area (TPSA) is 83.7 Å². The number of aliphatic hydroxyl groups is 1. The zero-order chi connectivity index (χ0) is 15.6. The van der Waals surface area contributed by atoms with Crippen LogP contribution in [0.2, 0.25) is 0 Å². The van der Waals surface area contributed by atoms with E-state index in [2.05, 4.69) is 0 Å². The van der Waals surface area contributed by atoms with E-state index in [1.807, 2.05) is 0 Å². The first-order valence-electron chi connectivity index (χ1n) is 7.14. The summed E-state index contributed by atoms with van der Waals surface area (Å²) in [5.74, 6) is -0.106. The van der Waals surface area contributed by atoms with Crippen LogP contribution in [0.1, 0.15) is 42.1 Å². The highest BCUT2D eigenvalue weighted by Crippen LogP contribution is 2.26. The number of benzene rings is 1. The van der Waals surface area contributed by atoms with Crippen LogP contribution in [0.25, 0.3) is 0 Å². The molecular formula is C15H20N2O4. The third-order valence-electron chi connectivity index (χ3n) is 3.90. The lowest BCUT2D eigenvalue weighted by molar-refractivity contribution is -0.384. The highest BCUT2D eigenvalue weighted by molar-refractivity contribution is 5.96. The summed E-state index contributed by atoms with van der Waals surface area (Å²) in [6, 6.07) is 4.35. The van der Waals surface area contributed by atoms with Gasteiger partial charge in [0, 0.05) is 30.3 Å². The molecule has 0 spiro atoms. The molecule has 1 aliphatic heterocycles. The number of hydrogen-bond donors (Lipinski definition) is 1. The molecule has 1 heterocycles. The summed E-state index contributed by atoms with van der Waals surface area (Å²) in [4.78, 5) is 24.7. The van der Waals surface area contributed by atoms with Crippen LogP contribution in [0.5, 0.6) is 0 Å². The van der Waals surface area contributed by atoms with Crippen LogP contribution in [-0.2, 0) is 0 Å². The zero-order valence-corrected chi connectivity index (χ0v) is 12.3. The monoisotopic (exact) mass is 292 g/mol. The lowest BCUT2D eigenvalue weighted by atomic mass is 10.0. The van der Waals surface area contributed by atoms with Crippen molar-refractivity contribution in [2.24, 2.45) is 0 Å². The van der Waals surface area contributed by atoms with Crippen LogP contribution in [0.3, 0.4) is 0 Å². The number of nitrogens with zero attached hydrogens (tertiary/aromatic N) is 2. The van der Waals surface area contributed by atoms with Crippen molar-refractivity contribution in [3.8, 4) is 0 Å². The second-order valence-corrected chi connectivity index (χ2v) is 5.64. The first-order chi connectivity index (χ1) is 9.90. The Hall–Kier alpha value is -1.95. The number of non-ortho nitro benzene ring substituents is 1. The molecule has 21 heavy (non-hydrogen) atoms. The molecule has 0 aliphatic carbocycles. The van der Waals surface area contributed by atoms with Crippen LogP contribution in [0, 0.1) is 17.0 Å². The summed E-state index contributed by atoms with van der Waals surface area (Å²) in [5, 5.41) is 20.3. The van der Waals surface area contributed by atoms with E-state index in [0.29, 0.717) is 24.1 Å². The number of nitro groups is 1. The van der Waals surface area contributed by atoms with E-state index in [1.54, 1.807) is 18.7 Å². The van der Waals surface area contributed by atoms with Crippen molar-refractivity contribution in [1.29, 1.82) is 0 Å². The number of carbonyl (C=O) groups is 1. The minimum Gasteiger partial charge on any atom is -0.393 e.